The number of imide groups is 1. The van der Waals surface area contributed by atoms with Gasteiger partial charge >= 0.3 is 5.97 Å². The van der Waals surface area contributed by atoms with Gasteiger partial charge in [0, 0.05) is 15.2 Å². The van der Waals surface area contributed by atoms with Crippen LogP contribution in [0.15, 0.2) is 48.5 Å². The van der Waals surface area contributed by atoms with Crippen molar-refractivity contribution in [2.75, 3.05) is 18.6 Å². The lowest BCUT2D eigenvalue weighted by molar-refractivity contribution is -0.122. The minimum atomic E-state index is -0.778. The number of carbonyl (C=O) groups excluding carboxylic acids is 4. The van der Waals surface area contributed by atoms with Crippen LogP contribution in [0.4, 0.5) is 5.69 Å². The topological polar surface area (TPSA) is 90.0 Å². The predicted octanol–water partition coefficient (Wildman–Crippen LogP) is 4.16. The minimum Gasteiger partial charge on any atom is -0.497 e. The van der Waals surface area contributed by atoms with E-state index in [1.165, 1.54) is 13.2 Å². The van der Waals surface area contributed by atoms with Crippen LogP contribution in [0.1, 0.15) is 33.6 Å². The highest BCUT2D eigenvalue weighted by molar-refractivity contribution is 9.12. The maximum absolute atomic E-state index is 13.1. The number of amides is 2. The van der Waals surface area contributed by atoms with E-state index in [-0.39, 0.29) is 38.5 Å². The molecule has 0 unspecified atom stereocenters. The molecule has 1 heterocycles. The average Bonchev–Trinajstić information content (AvgIpc) is 3.06. The third-order valence-electron chi connectivity index (χ3n) is 6.02. The largest absolute Gasteiger partial charge is 0.497 e. The first-order chi connectivity index (χ1) is 15.8. The zero-order chi connectivity index (χ0) is 23.7. The van der Waals surface area contributed by atoms with E-state index in [4.69, 9.17) is 9.47 Å². The second-order valence-corrected chi connectivity index (χ2v) is 10.3. The molecule has 1 saturated heterocycles. The molecule has 1 aliphatic carbocycles. The fraction of sp³-hybridized carbons (Fsp3) is 0.333. The van der Waals surface area contributed by atoms with Gasteiger partial charge in [-0.1, -0.05) is 44.0 Å². The van der Waals surface area contributed by atoms with Gasteiger partial charge in [0.25, 0.3) is 0 Å². The van der Waals surface area contributed by atoms with Crippen molar-refractivity contribution in [3.8, 4) is 5.75 Å². The zero-order valence-electron chi connectivity index (χ0n) is 17.7. The predicted molar refractivity (Wildman–Crippen MR) is 128 cm³/mol. The molecule has 2 aromatic carbocycles. The molecule has 4 atom stereocenters. The number of carbonyl (C=O) groups is 4. The summed E-state index contributed by atoms with van der Waals surface area (Å²) in [6.07, 6.45) is 1.06. The number of esters is 1. The van der Waals surface area contributed by atoms with Gasteiger partial charge in [-0.25, -0.2) is 9.69 Å². The van der Waals surface area contributed by atoms with Crippen molar-refractivity contribution < 1.29 is 28.7 Å². The van der Waals surface area contributed by atoms with Crippen LogP contribution in [0.3, 0.4) is 0 Å². The lowest BCUT2D eigenvalue weighted by Gasteiger charge is -2.29. The number of alkyl halides is 2. The second kappa shape index (κ2) is 9.77. The van der Waals surface area contributed by atoms with E-state index in [0.717, 1.165) is 4.90 Å². The Morgan fingerprint density at radius 2 is 1.52 bits per heavy atom. The molecule has 33 heavy (non-hydrogen) atoms. The zero-order valence-corrected chi connectivity index (χ0v) is 20.9. The van der Waals surface area contributed by atoms with Crippen LogP contribution >= 0.6 is 31.9 Å². The monoisotopic (exact) mass is 577 g/mol. The molecule has 0 aromatic heterocycles. The van der Waals surface area contributed by atoms with E-state index in [2.05, 4.69) is 31.9 Å². The molecule has 9 heteroatoms. The van der Waals surface area contributed by atoms with Crippen LogP contribution in [-0.2, 0) is 14.3 Å². The molecule has 1 saturated carbocycles. The fourth-order valence-electron chi connectivity index (χ4n) is 4.24. The molecule has 4 rings (SSSR count). The molecule has 2 aliphatic rings. The number of halogens is 2. The maximum Gasteiger partial charge on any atom is 0.340 e. The van der Waals surface area contributed by atoms with Crippen LogP contribution < -0.4 is 9.64 Å². The first-order valence-corrected chi connectivity index (χ1v) is 12.2. The number of hydrogen-bond acceptors (Lipinski definition) is 6. The first kappa shape index (κ1) is 23.6. The van der Waals surface area contributed by atoms with Crippen molar-refractivity contribution in [2.24, 2.45) is 11.8 Å². The van der Waals surface area contributed by atoms with Crippen molar-refractivity contribution >= 4 is 61.1 Å². The van der Waals surface area contributed by atoms with Crippen LogP contribution in [0.5, 0.6) is 5.75 Å². The highest BCUT2D eigenvalue weighted by Crippen LogP contribution is 2.44. The van der Waals surface area contributed by atoms with Crippen molar-refractivity contribution in [1.82, 2.24) is 0 Å². The normalized spacial score (nSPS) is 24.4. The number of ether oxygens (including phenoxy) is 2. The van der Waals surface area contributed by atoms with Gasteiger partial charge in [0.1, 0.15) is 5.75 Å². The van der Waals surface area contributed by atoms with E-state index in [1.807, 2.05) is 0 Å². The van der Waals surface area contributed by atoms with Crippen molar-refractivity contribution in [1.29, 1.82) is 0 Å². The Hall–Kier alpha value is -2.52. The Balaban J connectivity index is 1.51. The van der Waals surface area contributed by atoms with E-state index < -0.39 is 24.4 Å². The van der Waals surface area contributed by atoms with Crippen LogP contribution in [0, 0.1) is 11.8 Å². The lowest BCUT2D eigenvalue weighted by atomic mass is 9.81. The Bertz CT molecular complexity index is 1070. The molecule has 0 N–H and O–H groups in total. The SMILES string of the molecule is COc1ccc(C(=O)COC(=O)c2ccccc2N2C(=O)[C@@H]3C[C@@H](Br)[C@@H](Br)C[C@H]3C2=O)cc1. The standard InChI is InChI=1S/C24H21Br2NO6/c1-32-14-8-6-13(7-9-14)21(28)12-33-24(31)15-4-2-3-5-20(15)27-22(29)16-10-18(25)19(26)11-17(16)23(27)30/h2-9,16-19H,10-12H2,1H3/t16-,17-,18-,19+/m1/s1. The summed E-state index contributed by atoms with van der Waals surface area (Å²) in [5.41, 5.74) is 0.617. The van der Waals surface area contributed by atoms with E-state index in [0.29, 0.717) is 24.2 Å². The van der Waals surface area contributed by atoms with E-state index in [1.54, 1.807) is 42.5 Å². The molecule has 2 aromatic rings. The molecule has 172 valence electrons. The highest BCUT2D eigenvalue weighted by Gasteiger charge is 2.52. The Morgan fingerprint density at radius 1 is 0.939 bits per heavy atom. The second-order valence-electron chi connectivity index (χ2n) is 7.97. The third-order valence-corrected chi connectivity index (χ3v) is 8.76. The number of anilines is 1. The third kappa shape index (κ3) is 4.61. The van der Waals surface area contributed by atoms with Crippen molar-refractivity contribution in [3.63, 3.8) is 0 Å². The maximum atomic E-state index is 13.1. The van der Waals surface area contributed by atoms with Crippen LogP contribution in [-0.4, -0.2) is 46.9 Å². The van der Waals surface area contributed by atoms with Gasteiger partial charge in [-0.15, -0.1) is 0 Å². The minimum absolute atomic E-state index is 0.0613. The average molecular weight is 579 g/mol. The number of para-hydroxylation sites is 1. The lowest BCUT2D eigenvalue weighted by Crippen LogP contribution is -2.34. The number of ketones is 1. The molecule has 1 aliphatic heterocycles. The molecule has 0 spiro atoms. The summed E-state index contributed by atoms with van der Waals surface area (Å²) in [6, 6.07) is 12.8. The number of rotatable bonds is 6. The van der Waals surface area contributed by atoms with Gasteiger partial charge in [-0.2, -0.15) is 0 Å². The van der Waals surface area contributed by atoms with Gasteiger partial charge in [-0.05, 0) is 49.2 Å². The summed E-state index contributed by atoms with van der Waals surface area (Å²) in [5.74, 6) is -2.05. The molecular formula is C24H21Br2NO6. The fourth-order valence-corrected chi connectivity index (χ4v) is 5.48. The number of Topliss-reactive ketones (excluding diaryl/α,β-unsaturated/α-hetero) is 1. The van der Waals surface area contributed by atoms with Gasteiger partial charge in [0.05, 0.1) is 30.2 Å². The number of benzene rings is 2. The summed E-state index contributed by atoms with van der Waals surface area (Å²) in [7, 11) is 1.53. The highest BCUT2D eigenvalue weighted by atomic mass is 79.9. The van der Waals surface area contributed by atoms with Gasteiger partial charge in [0.15, 0.2) is 12.4 Å². The number of nitrogens with zero attached hydrogens (tertiary/aromatic N) is 1. The summed E-state index contributed by atoms with van der Waals surface area (Å²) in [4.78, 5) is 52.8. The molecule has 2 fully saturated rings. The van der Waals surface area contributed by atoms with Crippen LogP contribution in [0.25, 0.3) is 0 Å². The Labute approximate surface area is 207 Å². The number of fused-ring (bicyclic) bond motifs is 1. The smallest absolute Gasteiger partial charge is 0.340 e. The summed E-state index contributed by atoms with van der Waals surface area (Å²) >= 11 is 7.14. The molecule has 2 amide bonds. The number of hydrogen-bond donors (Lipinski definition) is 0. The molecular weight excluding hydrogens is 558 g/mol. The van der Waals surface area contributed by atoms with Crippen molar-refractivity contribution in [3.05, 3.63) is 59.7 Å². The van der Waals surface area contributed by atoms with E-state index >= 15 is 0 Å². The quantitative estimate of drug-likeness (QED) is 0.221. The van der Waals surface area contributed by atoms with E-state index in [9.17, 15) is 19.2 Å². The Morgan fingerprint density at radius 3 is 2.09 bits per heavy atom. The molecule has 0 radical (unpaired) electrons. The first-order valence-electron chi connectivity index (χ1n) is 10.4. The molecule has 0 bridgehead atoms. The van der Waals surface area contributed by atoms with Gasteiger partial charge in [-0.3, -0.25) is 14.4 Å². The van der Waals surface area contributed by atoms with Crippen LogP contribution in [0.2, 0.25) is 0 Å². The van der Waals surface area contributed by atoms with Gasteiger partial charge in [0.2, 0.25) is 11.8 Å². The van der Waals surface area contributed by atoms with Crippen molar-refractivity contribution in [2.45, 2.75) is 22.5 Å². The molecule has 7 nitrogen and oxygen atoms in total. The summed E-state index contributed by atoms with van der Waals surface area (Å²) in [5, 5.41) is 0. The summed E-state index contributed by atoms with van der Waals surface area (Å²) in [6.45, 7) is -0.469. The number of methoxy groups -OCH3 is 1. The Kier molecular flexibility index (Phi) is 6.99. The summed E-state index contributed by atoms with van der Waals surface area (Å²) < 4.78 is 10.3. The van der Waals surface area contributed by atoms with Gasteiger partial charge < -0.3 is 9.47 Å².